The SMILES string of the molecule is c1ccc(-c2nc(-c3ccc(-c4ccncc4)cc3)nc(-c3cccc4c3C3(c5ccccc5Oc5ccccc53)c3ccccc3-4)n2)cc1. The Morgan fingerprint density at radius 3 is 1.56 bits per heavy atom. The Morgan fingerprint density at radius 2 is 0.860 bits per heavy atom. The number of fused-ring (bicyclic) bond motifs is 9. The van der Waals surface area contributed by atoms with Crippen molar-refractivity contribution in [1.29, 1.82) is 0 Å². The van der Waals surface area contributed by atoms with Crippen molar-refractivity contribution in [3.05, 3.63) is 192 Å². The van der Waals surface area contributed by atoms with Gasteiger partial charge in [0.25, 0.3) is 0 Å². The average molecular weight is 641 g/mol. The van der Waals surface area contributed by atoms with E-state index in [1.165, 1.54) is 11.1 Å². The highest BCUT2D eigenvalue weighted by Gasteiger charge is 2.52. The molecule has 8 aromatic rings. The Hall–Kier alpha value is -6.72. The molecule has 3 heterocycles. The van der Waals surface area contributed by atoms with E-state index in [1.807, 2.05) is 67.0 Å². The third-order valence-electron chi connectivity index (χ3n) is 9.93. The van der Waals surface area contributed by atoms with Crippen molar-refractivity contribution < 1.29 is 4.74 Å². The van der Waals surface area contributed by atoms with E-state index < -0.39 is 5.41 Å². The molecule has 1 spiro atoms. The third-order valence-corrected chi connectivity index (χ3v) is 9.93. The van der Waals surface area contributed by atoms with Crippen LogP contribution in [0.5, 0.6) is 11.5 Å². The highest BCUT2D eigenvalue weighted by Crippen LogP contribution is 2.63. The van der Waals surface area contributed by atoms with Crippen molar-refractivity contribution >= 4 is 0 Å². The van der Waals surface area contributed by atoms with Crippen molar-refractivity contribution in [1.82, 2.24) is 19.9 Å². The summed E-state index contributed by atoms with van der Waals surface area (Å²) >= 11 is 0. The van der Waals surface area contributed by atoms with E-state index >= 15 is 0 Å². The third kappa shape index (κ3) is 4.20. The Bertz CT molecular complexity index is 2520. The van der Waals surface area contributed by atoms with Gasteiger partial charge in [0.1, 0.15) is 11.5 Å². The van der Waals surface area contributed by atoms with Crippen LogP contribution in [0.25, 0.3) is 56.4 Å². The van der Waals surface area contributed by atoms with Crippen LogP contribution in [0.1, 0.15) is 22.3 Å². The van der Waals surface area contributed by atoms with Gasteiger partial charge >= 0.3 is 0 Å². The number of aromatic nitrogens is 4. The van der Waals surface area contributed by atoms with Gasteiger partial charge in [-0.15, -0.1) is 0 Å². The van der Waals surface area contributed by atoms with Crippen molar-refractivity contribution in [2.45, 2.75) is 5.41 Å². The molecule has 0 saturated carbocycles. The van der Waals surface area contributed by atoms with Gasteiger partial charge in [0.05, 0.1) is 5.41 Å². The smallest absolute Gasteiger partial charge is 0.164 e. The molecule has 0 saturated heterocycles. The van der Waals surface area contributed by atoms with E-state index in [2.05, 4.69) is 108 Å². The predicted molar refractivity (Wildman–Crippen MR) is 197 cm³/mol. The summed E-state index contributed by atoms with van der Waals surface area (Å²) in [6.45, 7) is 0. The first-order valence-electron chi connectivity index (χ1n) is 16.7. The second-order valence-electron chi connectivity index (χ2n) is 12.6. The normalized spacial score (nSPS) is 13.1. The second-order valence-corrected chi connectivity index (χ2v) is 12.6. The lowest BCUT2D eigenvalue weighted by Crippen LogP contribution is -2.32. The van der Waals surface area contributed by atoms with E-state index in [4.69, 9.17) is 19.7 Å². The van der Waals surface area contributed by atoms with E-state index in [9.17, 15) is 0 Å². The maximum absolute atomic E-state index is 6.59. The number of hydrogen-bond acceptors (Lipinski definition) is 5. The monoisotopic (exact) mass is 640 g/mol. The van der Waals surface area contributed by atoms with Gasteiger partial charge in [-0.3, -0.25) is 4.98 Å². The Labute approximate surface area is 289 Å². The topological polar surface area (TPSA) is 60.8 Å². The first-order chi connectivity index (χ1) is 24.8. The van der Waals surface area contributed by atoms with Gasteiger partial charge in [-0.25, -0.2) is 15.0 Å². The average Bonchev–Trinajstić information content (AvgIpc) is 3.49. The molecule has 0 bridgehead atoms. The van der Waals surface area contributed by atoms with Crippen LogP contribution in [0, 0.1) is 0 Å². The van der Waals surface area contributed by atoms with Gasteiger partial charge < -0.3 is 4.74 Å². The maximum atomic E-state index is 6.59. The van der Waals surface area contributed by atoms with Crippen LogP contribution in [-0.2, 0) is 5.41 Å². The van der Waals surface area contributed by atoms with Crippen LogP contribution in [-0.4, -0.2) is 19.9 Å². The van der Waals surface area contributed by atoms with Crippen LogP contribution < -0.4 is 4.74 Å². The van der Waals surface area contributed by atoms with Crippen LogP contribution in [0.15, 0.2) is 170 Å². The molecular weight excluding hydrogens is 613 g/mol. The lowest BCUT2D eigenvalue weighted by molar-refractivity contribution is 0.436. The van der Waals surface area contributed by atoms with Gasteiger partial charge in [-0.1, -0.05) is 133 Å². The number of ether oxygens (including phenoxy) is 1. The molecule has 2 aromatic heterocycles. The van der Waals surface area contributed by atoms with E-state index in [-0.39, 0.29) is 0 Å². The van der Waals surface area contributed by atoms with Crippen LogP contribution in [0.4, 0.5) is 0 Å². The largest absolute Gasteiger partial charge is 0.457 e. The molecule has 234 valence electrons. The fourth-order valence-corrected chi connectivity index (χ4v) is 7.80. The Morgan fingerprint density at radius 1 is 0.360 bits per heavy atom. The van der Waals surface area contributed by atoms with Crippen molar-refractivity contribution in [2.75, 3.05) is 0 Å². The molecule has 1 aliphatic carbocycles. The minimum atomic E-state index is -0.653. The van der Waals surface area contributed by atoms with Crippen LogP contribution in [0.2, 0.25) is 0 Å². The number of benzene rings is 6. The van der Waals surface area contributed by atoms with Gasteiger partial charge in [-0.05, 0) is 57.6 Å². The summed E-state index contributed by atoms with van der Waals surface area (Å²) in [5.41, 5.74) is 11.3. The molecule has 6 aromatic carbocycles. The summed E-state index contributed by atoms with van der Waals surface area (Å²) < 4.78 is 6.59. The molecule has 0 unspecified atom stereocenters. The summed E-state index contributed by atoms with van der Waals surface area (Å²) in [6, 6.07) is 54.6. The minimum Gasteiger partial charge on any atom is -0.457 e. The highest BCUT2D eigenvalue weighted by molar-refractivity contribution is 5.93. The zero-order chi connectivity index (χ0) is 33.1. The molecule has 50 heavy (non-hydrogen) atoms. The molecule has 0 radical (unpaired) electrons. The lowest BCUT2D eigenvalue weighted by atomic mass is 9.65. The van der Waals surface area contributed by atoms with Crippen LogP contribution >= 0.6 is 0 Å². The lowest BCUT2D eigenvalue weighted by Gasteiger charge is -2.40. The molecule has 2 aliphatic rings. The van der Waals surface area contributed by atoms with E-state index in [1.54, 1.807) is 0 Å². The first kappa shape index (κ1) is 28.3. The summed E-state index contributed by atoms with van der Waals surface area (Å²) in [4.78, 5) is 19.7. The molecule has 0 amide bonds. The first-order valence-corrected chi connectivity index (χ1v) is 16.7. The van der Waals surface area contributed by atoms with Crippen molar-refractivity contribution in [2.24, 2.45) is 0 Å². The molecule has 5 heteroatoms. The molecule has 0 fully saturated rings. The summed E-state index contributed by atoms with van der Waals surface area (Å²) in [6.07, 6.45) is 3.62. The number of nitrogens with zero attached hydrogens (tertiary/aromatic N) is 4. The molecule has 0 atom stereocenters. The van der Waals surface area contributed by atoms with Crippen molar-refractivity contribution in [3.8, 4) is 67.9 Å². The molecule has 0 N–H and O–H groups in total. The molecule has 5 nitrogen and oxygen atoms in total. The molecule has 1 aliphatic heterocycles. The molecular formula is C45H28N4O. The zero-order valence-corrected chi connectivity index (χ0v) is 26.9. The van der Waals surface area contributed by atoms with Gasteiger partial charge in [0, 0.05) is 40.2 Å². The summed E-state index contributed by atoms with van der Waals surface area (Å²) in [5, 5.41) is 0. The number of rotatable bonds is 4. The quantitative estimate of drug-likeness (QED) is 0.192. The standard InChI is InChI=1S/C45H28N4O/c1-2-11-31(12-3-1)42-47-43(32-23-21-29(22-24-32)30-25-27-46-28-26-30)49-44(48-42)35-15-10-14-34-33-13-4-5-16-36(33)45(41(34)35)37-17-6-8-19-39(37)50-40-20-9-7-18-38(40)45/h1-28H. The fourth-order valence-electron chi connectivity index (χ4n) is 7.80. The van der Waals surface area contributed by atoms with Gasteiger partial charge in [0.2, 0.25) is 0 Å². The molecule has 10 rings (SSSR count). The highest BCUT2D eigenvalue weighted by atomic mass is 16.5. The van der Waals surface area contributed by atoms with Crippen molar-refractivity contribution in [3.63, 3.8) is 0 Å². The summed E-state index contributed by atoms with van der Waals surface area (Å²) in [7, 11) is 0. The fraction of sp³-hybridized carbons (Fsp3) is 0.0222. The zero-order valence-electron chi connectivity index (χ0n) is 26.9. The number of hydrogen-bond donors (Lipinski definition) is 0. The number of para-hydroxylation sites is 2. The van der Waals surface area contributed by atoms with Crippen LogP contribution in [0.3, 0.4) is 0 Å². The van der Waals surface area contributed by atoms with E-state index in [0.717, 1.165) is 61.6 Å². The van der Waals surface area contributed by atoms with E-state index in [0.29, 0.717) is 17.5 Å². The maximum Gasteiger partial charge on any atom is 0.164 e. The Balaban J connectivity index is 1.25. The Kier molecular flexibility index (Phi) is 6.33. The predicted octanol–water partition coefficient (Wildman–Crippen LogP) is 10.4. The second kappa shape index (κ2) is 11.2. The van der Waals surface area contributed by atoms with Gasteiger partial charge in [0.15, 0.2) is 17.5 Å². The summed E-state index contributed by atoms with van der Waals surface area (Å²) in [5.74, 6) is 3.56. The minimum absolute atomic E-state index is 0.616. The number of pyridine rings is 1. The van der Waals surface area contributed by atoms with Gasteiger partial charge in [-0.2, -0.15) is 0 Å².